The molecule has 1 saturated heterocycles. The number of piperidine rings is 1. The van der Waals surface area contributed by atoms with Gasteiger partial charge in [0.25, 0.3) is 5.56 Å². The van der Waals surface area contributed by atoms with Crippen LogP contribution in [-0.4, -0.2) is 35.0 Å². The number of aromatic nitrogens is 1. The number of carbonyl (C=O) groups is 1. The molecule has 4 heterocycles. The van der Waals surface area contributed by atoms with Gasteiger partial charge in [0.2, 0.25) is 5.91 Å². The maximum absolute atomic E-state index is 13.7. The van der Waals surface area contributed by atoms with Gasteiger partial charge in [-0.15, -0.1) is 12.4 Å². The van der Waals surface area contributed by atoms with Crippen LogP contribution in [0.1, 0.15) is 23.6 Å². The minimum absolute atomic E-state index is 0. The number of carbonyl (C=O) groups excluding carboxylic acids is 1. The molecule has 2 aromatic carbocycles. The fourth-order valence-corrected chi connectivity index (χ4v) is 6.62. The van der Waals surface area contributed by atoms with Gasteiger partial charge in [0.1, 0.15) is 0 Å². The number of para-hydroxylation sites is 1. The Kier molecular flexibility index (Phi) is 6.43. The van der Waals surface area contributed by atoms with Crippen LogP contribution in [-0.2, 0) is 17.5 Å². The fraction of sp³-hybridized carbons (Fsp3) is 0.308. The number of benzene rings is 2. The highest BCUT2D eigenvalue weighted by Gasteiger charge is 2.38. The van der Waals surface area contributed by atoms with Crippen molar-refractivity contribution < 1.29 is 18.0 Å². The zero-order valence-electron chi connectivity index (χ0n) is 19.1. The molecular formula is C26H23ClF3N3O2S. The van der Waals surface area contributed by atoms with Crippen LogP contribution in [0.15, 0.2) is 75.2 Å². The summed E-state index contributed by atoms with van der Waals surface area (Å²) in [5, 5.41) is 0. The van der Waals surface area contributed by atoms with Crippen LogP contribution < -0.4 is 10.5 Å². The maximum Gasteiger partial charge on any atom is 0.416 e. The zero-order chi connectivity index (χ0) is 24.3. The highest BCUT2D eigenvalue weighted by atomic mass is 35.5. The summed E-state index contributed by atoms with van der Waals surface area (Å²) in [5.41, 5.74) is 1.08. The second kappa shape index (κ2) is 9.28. The van der Waals surface area contributed by atoms with Gasteiger partial charge in [-0.05, 0) is 48.7 Å². The molecule has 36 heavy (non-hydrogen) atoms. The van der Waals surface area contributed by atoms with Gasteiger partial charge in [-0.3, -0.25) is 19.4 Å². The summed E-state index contributed by atoms with van der Waals surface area (Å²) in [4.78, 5) is 31.0. The van der Waals surface area contributed by atoms with E-state index in [1.54, 1.807) is 24.3 Å². The normalized spacial score (nSPS) is 20.6. The van der Waals surface area contributed by atoms with Crippen molar-refractivity contribution in [3.8, 4) is 0 Å². The summed E-state index contributed by atoms with van der Waals surface area (Å²) in [6, 6.07) is 16.2. The van der Waals surface area contributed by atoms with Gasteiger partial charge in [0, 0.05) is 47.1 Å². The maximum atomic E-state index is 13.7. The van der Waals surface area contributed by atoms with Gasteiger partial charge < -0.3 is 4.57 Å². The summed E-state index contributed by atoms with van der Waals surface area (Å²) >= 11 is 1.37. The Morgan fingerprint density at radius 3 is 2.53 bits per heavy atom. The van der Waals surface area contributed by atoms with Crippen LogP contribution in [0.25, 0.3) is 0 Å². The lowest BCUT2D eigenvalue weighted by atomic mass is 9.83. The molecule has 0 N–H and O–H groups in total. The average molecular weight is 534 g/mol. The molecular weight excluding hydrogens is 511 g/mol. The van der Waals surface area contributed by atoms with Crippen molar-refractivity contribution in [1.82, 2.24) is 9.47 Å². The molecule has 1 amide bonds. The van der Waals surface area contributed by atoms with E-state index in [1.807, 2.05) is 22.8 Å². The molecule has 10 heteroatoms. The molecule has 0 spiro atoms. The highest BCUT2D eigenvalue weighted by molar-refractivity contribution is 7.99. The van der Waals surface area contributed by atoms with Gasteiger partial charge in [-0.1, -0.05) is 30.0 Å². The first-order valence-corrected chi connectivity index (χ1v) is 12.3. The van der Waals surface area contributed by atoms with Crippen molar-refractivity contribution in [1.29, 1.82) is 0 Å². The van der Waals surface area contributed by atoms with Gasteiger partial charge in [0.15, 0.2) is 0 Å². The second-order valence-electron chi connectivity index (χ2n) is 9.37. The van der Waals surface area contributed by atoms with Crippen molar-refractivity contribution in [3.05, 3.63) is 82.3 Å². The van der Waals surface area contributed by atoms with E-state index >= 15 is 0 Å². The second-order valence-corrected chi connectivity index (χ2v) is 10.5. The Morgan fingerprint density at radius 2 is 1.72 bits per heavy atom. The van der Waals surface area contributed by atoms with Crippen molar-refractivity contribution >= 4 is 41.5 Å². The minimum atomic E-state index is -4.50. The van der Waals surface area contributed by atoms with E-state index in [-0.39, 0.29) is 47.9 Å². The number of alkyl halides is 3. The number of anilines is 2. The molecule has 3 aromatic rings. The van der Waals surface area contributed by atoms with Gasteiger partial charge in [-0.2, -0.15) is 13.2 Å². The summed E-state index contributed by atoms with van der Waals surface area (Å²) in [5.74, 6) is 0.142. The molecule has 0 radical (unpaired) electrons. The van der Waals surface area contributed by atoms with Gasteiger partial charge in [-0.25, -0.2) is 0 Å². The quantitative estimate of drug-likeness (QED) is 0.434. The van der Waals surface area contributed by atoms with E-state index in [0.29, 0.717) is 30.2 Å². The fourth-order valence-electron chi connectivity index (χ4n) is 5.59. The summed E-state index contributed by atoms with van der Waals surface area (Å²) in [6.45, 7) is 2.02. The van der Waals surface area contributed by atoms with E-state index in [1.165, 1.54) is 22.7 Å². The number of hydrogen-bond donors (Lipinski definition) is 0. The van der Waals surface area contributed by atoms with Crippen molar-refractivity contribution in [2.24, 2.45) is 5.92 Å². The molecule has 1 fully saturated rings. The van der Waals surface area contributed by atoms with E-state index < -0.39 is 11.7 Å². The molecule has 1 aromatic heterocycles. The lowest BCUT2D eigenvalue weighted by Gasteiger charge is -2.43. The molecule has 5 nitrogen and oxygen atoms in total. The first-order valence-electron chi connectivity index (χ1n) is 11.5. The molecule has 0 saturated carbocycles. The Hall–Kier alpha value is -2.75. The lowest BCUT2D eigenvalue weighted by molar-refractivity contribution is -0.137. The number of amides is 1. The van der Waals surface area contributed by atoms with Crippen molar-refractivity contribution in [2.75, 3.05) is 24.5 Å². The molecule has 188 valence electrons. The number of hydrogen-bond acceptors (Lipinski definition) is 4. The van der Waals surface area contributed by atoms with Crippen LogP contribution >= 0.6 is 24.2 Å². The molecule has 6 rings (SSSR count). The van der Waals surface area contributed by atoms with E-state index in [2.05, 4.69) is 4.90 Å². The summed E-state index contributed by atoms with van der Waals surface area (Å²) in [7, 11) is 0. The van der Waals surface area contributed by atoms with Crippen LogP contribution in [0.4, 0.5) is 24.5 Å². The number of likely N-dealkylation sites (tertiary alicyclic amines) is 1. The summed E-state index contributed by atoms with van der Waals surface area (Å²) in [6.07, 6.45) is -3.53. The Bertz CT molecular complexity index is 1390. The molecule has 3 aliphatic heterocycles. The molecule has 3 aliphatic rings. The van der Waals surface area contributed by atoms with Crippen molar-refractivity contribution in [2.45, 2.75) is 34.9 Å². The van der Waals surface area contributed by atoms with Crippen LogP contribution in [0.3, 0.4) is 0 Å². The van der Waals surface area contributed by atoms with E-state index in [0.717, 1.165) is 29.1 Å². The lowest BCUT2D eigenvalue weighted by Crippen LogP contribution is -2.50. The molecule has 2 atom stereocenters. The minimum Gasteiger partial charge on any atom is -0.312 e. The standard InChI is InChI=1S/C26H22F3N3O2S.ClH/c27-26(28,29)18-8-9-23-21(11-18)32(20-4-1-2-6-22(20)35-23)25(34)15-30-12-16-10-17(14-30)19-5-3-7-24(33)31(19)13-16;/h1-9,11,16-17H,10,12-15H2;1H. The predicted molar refractivity (Wildman–Crippen MR) is 134 cm³/mol. The van der Waals surface area contributed by atoms with E-state index in [4.69, 9.17) is 0 Å². The van der Waals surface area contributed by atoms with Crippen molar-refractivity contribution in [3.63, 3.8) is 0 Å². The number of pyridine rings is 1. The molecule has 0 aliphatic carbocycles. The molecule has 2 unspecified atom stereocenters. The average Bonchev–Trinajstić information content (AvgIpc) is 2.82. The summed E-state index contributed by atoms with van der Waals surface area (Å²) < 4.78 is 42.3. The zero-order valence-corrected chi connectivity index (χ0v) is 20.7. The third kappa shape index (κ3) is 4.33. The number of rotatable bonds is 2. The first-order chi connectivity index (χ1) is 16.8. The monoisotopic (exact) mass is 533 g/mol. The Labute approximate surface area is 216 Å². The topological polar surface area (TPSA) is 45.6 Å². The highest BCUT2D eigenvalue weighted by Crippen LogP contribution is 2.49. The predicted octanol–water partition coefficient (Wildman–Crippen LogP) is 5.54. The Balaban J connectivity index is 0.00000267. The molecule has 2 bridgehead atoms. The Morgan fingerprint density at radius 1 is 0.944 bits per heavy atom. The van der Waals surface area contributed by atoms with Crippen LogP contribution in [0, 0.1) is 5.92 Å². The van der Waals surface area contributed by atoms with E-state index in [9.17, 15) is 22.8 Å². The number of fused-ring (bicyclic) bond motifs is 6. The third-order valence-electron chi connectivity index (χ3n) is 7.02. The first kappa shape index (κ1) is 24.9. The third-order valence-corrected chi connectivity index (χ3v) is 8.15. The smallest absolute Gasteiger partial charge is 0.312 e. The van der Waals surface area contributed by atoms with Crippen LogP contribution in [0.5, 0.6) is 0 Å². The number of nitrogens with zero attached hydrogens (tertiary/aromatic N) is 3. The number of halogens is 4. The SMILES string of the molecule is Cl.O=C(CN1CC2CC(C1)c1cccc(=O)n1C2)N1c2ccccc2Sc2ccc(C(F)(F)F)cc21. The van der Waals surface area contributed by atoms with Gasteiger partial charge >= 0.3 is 6.18 Å². The largest absolute Gasteiger partial charge is 0.416 e. The van der Waals surface area contributed by atoms with Gasteiger partial charge in [0.05, 0.1) is 23.5 Å². The van der Waals surface area contributed by atoms with Crippen LogP contribution in [0.2, 0.25) is 0 Å².